The van der Waals surface area contributed by atoms with Crippen LogP contribution in [0.1, 0.15) is 5.56 Å². The molecule has 0 atom stereocenters. The van der Waals surface area contributed by atoms with Crippen LogP contribution < -0.4 is 0 Å². The number of halogens is 1. The molecule has 0 unspecified atom stereocenters. The molecule has 0 aliphatic rings. The van der Waals surface area contributed by atoms with Crippen LogP contribution in [0.3, 0.4) is 0 Å². The lowest BCUT2D eigenvalue weighted by Gasteiger charge is -1.93. The highest BCUT2D eigenvalue weighted by atomic mass is 79.9. The van der Waals surface area contributed by atoms with Gasteiger partial charge in [-0.15, -0.1) is 11.8 Å². The molecule has 0 nitrogen and oxygen atoms in total. The van der Waals surface area contributed by atoms with Gasteiger partial charge in [-0.2, -0.15) is 0 Å². The molecule has 1 rings (SSSR count). The Morgan fingerprint density at radius 1 is 1.36 bits per heavy atom. The molecule has 0 fully saturated rings. The second-order valence-electron chi connectivity index (χ2n) is 2.06. The maximum absolute atomic E-state index is 3.44. The molecule has 0 saturated carbocycles. The molecule has 0 aliphatic heterocycles. The van der Waals surface area contributed by atoms with Gasteiger partial charge in [-0.1, -0.05) is 30.3 Å². The number of thioether (sulfide) groups is 1. The molecule has 0 heterocycles. The summed E-state index contributed by atoms with van der Waals surface area (Å²) in [6.45, 7) is 0. The third-order valence-corrected chi connectivity index (χ3v) is 2.98. The van der Waals surface area contributed by atoms with Crippen molar-refractivity contribution in [3.05, 3.63) is 39.7 Å². The SMILES string of the molecule is CS/C(Br)=C/c1ccccc1. The second-order valence-corrected chi connectivity index (χ2v) is 4.29. The largest absolute Gasteiger partial charge is 0.122 e. The lowest BCUT2D eigenvalue weighted by molar-refractivity contribution is 1.66. The van der Waals surface area contributed by atoms with Gasteiger partial charge in [0.2, 0.25) is 0 Å². The lowest BCUT2D eigenvalue weighted by atomic mass is 10.2. The highest BCUT2D eigenvalue weighted by Gasteiger charge is 1.87. The maximum atomic E-state index is 3.44. The van der Waals surface area contributed by atoms with Crippen LogP contribution in [-0.2, 0) is 0 Å². The Morgan fingerprint density at radius 3 is 2.55 bits per heavy atom. The van der Waals surface area contributed by atoms with Crippen LogP contribution in [0.4, 0.5) is 0 Å². The fraction of sp³-hybridized carbons (Fsp3) is 0.111. The Kier molecular flexibility index (Phi) is 3.73. The van der Waals surface area contributed by atoms with E-state index in [0.29, 0.717) is 0 Å². The van der Waals surface area contributed by atoms with Crippen LogP contribution in [0.2, 0.25) is 0 Å². The van der Waals surface area contributed by atoms with Crippen LogP contribution in [-0.4, -0.2) is 6.26 Å². The predicted octanol–water partition coefficient (Wildman–Crippen LogP) is 3.74. The summed E-state index contributed by atoms with van der Waals surface area (Å²) in [6, 6.07) is 10.2. The number of rotatable bonds is 2. The molecule has 0 N–H and O–H groups in total. The van der Waals surface area contributed by atoms with Crippen molar-refractivity contribution in [2.45, 2.75) is 0 Å². The fourth-order valence-electron chi connectivity index (χ4n) is 0.739. The zero-order valence-electron chi connectivity index (χ0n) is 6.25. The summed E-state index contributed by atoms with van der Waals surface area (Å²) < 4.78 is 1.16. The van der Waals surface area contributed by atoms with Crippen LogP contribution >= 0.6 is 27.7 Å². The average molecular weight is 229 g/mol. The zero-order valence-corrected chi connectivity index (χ0v) is 8.65. The highest BCUT2D eigenvalue weighted by molar-refractivity contribution is 9.14. The van der Waals surface area contributed by atoms with Gasteiger partial charge in [-0.05, 0) is 33.8 Å². The summed E-state index contributed by atoms with van der Waals surface area (Å²) >= 11 is 5.13. The van der Waals surface area contributed by atoms with Gasteiger partial charge in [0.05, 0.1) is 3.81 Å². The molecular weight excluding hydrogens is 220 g/mol. The quantitative estimate of drug-likeness (QED) is 0.744. The molecule has 0 bridgehead atoms. The predicted molar refractivity (Wildman–Crippen MR) is 56.9 cm³/mol. The Labute approximate surface area is 79.8 Å². The van der Waals surface area contributed by atoms with Gasteiger partial charge in [0.25, 0.3) is 0 Å². The molecule has 0 radical (unpaired) electrons. The summed E-state index contributed by atoms with van der Waals surface area (Å²) in [5, 5.41) is 0. The topological polar surface area (TPSA) is 0 Å². The van der Waals surface area contributed by atoms with E-state index in [1.54, 1.807) is 11.8 Å². The van der Waals surface area contributed by atoms with E-state index in [4.69, 9.17) is 0 Å². The third kappa shape index (κ3) is 3.12. The molecule has 0 aromatic heterocycles. The van der Waals surface area contributed by atoms with E-state index in [-0.39, 0.29) is 0 Å². The van der Waals surface area contributed by atoms with Crippen molar-refractivity contribution in [3.8, 4) is 0 Å². The highest BCUT2D eigenvalue weighted by Crippen LogP contribution is 2.21. The van der Waals surface area contributed by atoms with Crippen molar-refractivity contribution in [1.82, 2.24) is 0 Å². The van der Waals surface area contributed by atoms with Gasteiger partial charge >= 0.3 is 0 Å². The van der Waals surface area contributed by atoms with E-state index in [0.717, 1.165) is 3.81 Å². The standard InChI is InChI=1S/C9H9BrS/c1-11-9(10)7-8-5-3-2-4-6-8/h2-7H,1H3/b9-7+. The van der Waals surface area contributed by atoms with Gasteiger partial charge < -0.3 is 0 Å². The zero-order chi connectivity index (χ0) is 8.10. The van der Waals surface area contributed by atoms with Crippen molar-refractivity contribution in [2.24, 2.45) is 0 Å². The van der Waals surface area contributed by atoms with E-state index in [2.05, 4.69) is 34.1 Å². The normalized spacial score (nSPS) is 11.6. The maximum Gasteiger partial charge on any atom is 0.0506 e. The van der Waals surface area contributed by atoms with Crippen molar-refractivity contribution >= 4 is 33.8 Å². The first-order valence-electron chi connectivity index (χ1n) is 3.29. The molecule has 1 aromatic carbocycles. The van der Waals surface area contributed by atoms with E-state index >= 15 is 0 Å². The van der Waals surface area contributed by atoms with Gasteiger partial charge in [0.1, 0.15) is 0 Å². The first-order chi connectivity index (χ1) is 5.33. The minimum Gasteiger partial charge on any atom is -0.122 e. The Hall–Kier alpha value is -0.210. The molecule has 11 heavy (non-hydrogen) atoms. The Bertz CT molecular complexity index is 241. The molecule has 58 valence electrons. The smallest absolute Gasteiger partial charge is 0.0506 e. The van der Waals surface area contributed by atoms with E-state index in [1.165, 1.54) is 5.56 Å². The van der Waals surface area contributed by atoms with Crippen LogP contribution in [0, 0.1) is 0 Å². The van der Waals surface area contributed by atoms with E-state index < -0.39 is 0 Å². The Balaban J connectivity index is 2.79. The number of hydrogen-bond donors (Lipinski definition) is 0. The lowest BCUT2D eigenvalue weighted by Crippen LogP contribution is -1.68. The van der Waals surface area contributed by atoms with E-state index in [9.17, 15) is 0 Å². The first-order valence-corrected chi connectivity index (χ1v) is 5.31. The van der Waals surface area contributed by atoms with Gasteiger partial charge in [-0.3, -0.25) is 0 Å². The van der Waals surface area contributed by atoms with Gasteiger partial charge in [0, 0.05) is 0 Å². The van der Waals surface area contributed by atoms with Gasteiger partial charge in [0.15, 0.2) is 0 Å². The van der Waals surface area contributed by atoms with Crippen LogP contribution in [0.15, 0.2) is 34.1 Å². The molecule has 0 spiro atoms. The monoisotopic (exact) mass is 228 g/mol. The van der Waals surface area contributed by atoms with Crippen LogP contribution in [0.25, 0.3) is 6.08 Å². The average Bonchev–Trinajstić information content (AvgIpc) is 2.06. The molecule has 0 amide bonds. The van der Waals surface area contributed by atoms with Gasteiger partial charge in [-0.25, -0.2) is 0 Å². The first kappa shape index (κ1) is 8.88. The Morgan fingerprint density at radius 2 is 2.00 bits per heavy atom. The fourth-order valence-corrected chi connectivity index (χ4v) is 1.26. The minimum absolute atomic E-state index is 1.16. The summed E-state index contributed by atoms with van der Waals surface area (Å²) in [6.07, 6.45) is 4.15. The number of hydrogen-bond acceptors (Lipinski definition) is 1. The summed E-state index contributed by atoms with van der Waals surface area (Å²) in [5.74, 6) is 0. The van der Waals surface area contributed by atoms with Crippen molar-refractivity contribution in [2.75, 3.05) is 6.26 Å². The third-order valence-electron chi connectivity index (χ3n) is 1.27. The van der Waals surface area contributed by atoms with E-state index in [1.807, 2.05) is 24.5 Å². The van der Waals surface area contributed by atoms with Crippen molar-refractivity contribution < 1.29 is 0 Å². The molecule has 2 heteroatoms. The second kappa shape index (κ2) is 4.62. The number of benzene rings is 1. The molecule has 0 saturated heterocycles. The summed E-state index contributed by atoms with van der Waals surface area (Å²) in [7, 11) is 0. The van der Waals surface area contributed by atoms with Crippen molar-refractivity contribution in [3.63, 3.8) is 0 Å². The van der Waals surface area contributed by atoms with Crippen LogP contribution in [0.5, 0.6) is 0 Å². The molecule has 0 aliphatic carbocycles. The summed E-state index contributed by atoms with van der Waals surface area (Å²) in [4.78, 5) is 0. The minimum atomic E-state index is 1.16. The molecule has 1 aromatic rings. The van der Waals surface area contributed by atoms with Crippen molar-refractivity contribution in [1.29, 1.82) is 0 Å². The summed E-state index contributed by atoms with van der Waals surface area (Å²) in [5.41, 5.74) is 1.23. The molecular formula is C9H9BrS.